The second kappa shape index (κ2) is 12.4. The number of likely N-dealkylation sites (tertiary alicyclic amines) is 1. The lowest BCUT2D eigenvalue weighted by molar-refractivity contribution is -0.0548. The van der Waals surface area contributed by atoms with E-state index in [0.29, 0.717) is 19.1 Å². The lowest BCUT2D eigenvalue weighted by Crippen LogP contribution is -2.39. The number of nitrogens with zero attached hydrogens (tertiary/aromatic N) is 3. The molecule has 1 aliphatic heterocycles. The molecule has 194 valence electrons. The van der Waals surface area contributed by atoms with Gasteiger partial charge in [-0.2, -0.15) is 0 Å². The Bertz CT molecular complexity index is 1090. The van der Waals surface area contributed by atoms with Crippen molar-refractivity contribution in [1.82, 2.24) is 14.5 Å². The van der Waals surface area contributed by atoms with E-state index in [4.69, 9.17) is 14.2 Å². The molecule has 0 N–H and O–H groups in total. The van der Waals surface area contributed by atoms with E-state index in [0.717, 1.165) is 57.0 Å². The molecule has 0 bridgehead atoms. The zero-order chi connectivity index (χ0) is 25.4. The maximum atomic E-state index is 14.0. The molecule has 1 saturated heterocycles. The molecule has 1 aliphatic rings. The molecule has 2 aromatic carbocycles. The van der Waals surface area contributed by atoms with Gasteiger partial charge in [-0.3, -0.25) is 4.90 Å². The van der Waals surface area contributed by atoms with Crippen molar-refractivity contribution in [2.24, 2.45) is 0 Å². The van der Waals surface area contributed by atoms with Crippen LogP contribution in [0.25, 0.3) is 0 Å². The van der Waals surface area contributed by atoms with Crippen molar-refractivity contribution in [2.75, 3.05) is 33.4 Å². The molecule has 36 heavy (non-hydrogen) atoms. The van der Waals surface area contributed by atoms with Crippen LogP contribution in [0.15, 0.2) is 60.9 Å². The second-order valence-corrected chi connectivity index (χ2v) is 9.86. The predicted octanol–water partition coefficient (Wildman–Crippen LogP) is 5.67. The molecule has 0 aliphatic carbocycles. The van der Waals surface area contributed by atoms with Crippen LogP contribution in [0.5, 0.6) is 11.5 Å². The molecule has 3 aromatic rings. The highest BCUT2D eigenvalue weighted by atomic mass is 19.1. The van der Waals surface area contributed by atoms with Gasteiger partial charge in [0, 0.05) is 38.5 Å². The predicted molar refractivity (Wildman–Crippen MR) is 139 cm³/mol. The van der Waals surface area contributed by atoms with Crippen LogP contribution in [0.3, 0.4) is 0 Å². The summed E-state index contributed by atoms with van der Waals surface area (Å²) in [5.74, 6) is 2.30. The Balaban J connectivity index is 1.25. The fourth-order valence-electron chi connectivity index (χ4n) is 4.78. The van der Waals surface area contributed by atoms with Gasteiger partial charge in [0.1, 0.15) is 30.4 Å². The van der Waals surface area contributed by atoms with Gasteiger partial charge in [-0.05, 0) is 55.6 Å². The number of aromatic nitrogens is 2. The number of rotatable bonds is 11. The monoisotopic (exact) mass is 495 g/mol. The molecule has 1 unspecified atom stereocenters. The minimum absolute atomic E-state index is 0.280. The van der Waals surface area contributed by atoms with Crippen LogP contribution in [-0.4, -0.2) is 53.5 Å². The third-order valence-electron chi connectivity index (χ3n) is 6.95. The Morgan fingerprint density at radius 2 is 1.83 bits per heavy atom. The van der Waals surface area contributed by atoms with Crippen molar-refractivity contribution in [2.45, 2.75) is 57.7 Å². The van der Waals surface area contributed by atoms with E-state index in [1.807, 2.05) is 24.5 Å². The van der Waals surface area contributed by atoms with Crippen molar-refractivity contribution in [3.05, 3.63) is 78.1 Å². The van der Waals surface area contributed by atoms with E-state index in [-0.39, 0.29) is 11.6 Å². The van der Waals surface area contributed by atoms with Crippen LogP contribution < -0.4 is 9.47 Å². The van der Waals surface area contributed by atoms with Gasteiger partial charge in [0.25, 0.3) is 0 Å². The van der Waals surface area contributed by atoms with Crippen LogP contribution in [0, 0.1) is 5.82 Å². The highest BCUT2D eigenvalue weighted by molar-refractivity contribution is 5.27. The standard InChI is InChI=1S/C29H38FN3O3/c1-23(2)28-31-15-18-33(28)19-20-35-25-11-9-24(10-12-25)21-32-16-6-13-29(34-3,14-17-32)22-36-27-8-5-4-7-26(27)30/h4-5,7-12,15,18,23H,6,13-14,16-17,19-22H2,1-3H3. The molecule has 2 heterocycles. The Morgan fingerprint density at radius 1 is 1.03 bits per heavy atom. The van der Waals surface area contributed by atoms with Crippen molar-refractivity contribution in [3.8, 4) is 11.5 Å². The quantitative estimate of drug-likeness (QED) is 0.343. The summed E-state index contributed by atoms with van der Waals surface area (Å²) < 4.78 is 33.9. The minimum Gasteiger partial charge on any atom is -0.492 e. The maximum absolute atomic E-state index is 14.0. The fourth-order valence-corrected chi connectivity index (χ4v) is 4.78. The average Bonchev–Trinajstić information content (AvgIpc) is 3.27. The SMILES string of the molecule is COC1(COc2ccccc2F)CCCN(Cc2ccc(OCCn3ccnc3C(C)C)cc2)CC1. The minimum atomic E-state index is -0.403. The van der Waals surface area contributed by atoms with Crippen molar-refractivity contribution in [1.29, 1.82) is 0 Å². The molecule has 7 heteroatoms. The molecule has 1 aromatic heterocycles. The lowest BCUT2D eigenvalue weighted by atomic mass is 9.95. The Labute approximate surface area is 214 Å². The molecule has 4 rings (SSSR count). The van der Waals surface area contributed by atoms with Gasteiger partial charge in [-0.25, -0.2) is 9.37 Å². The van der Waals surface area contributed by atoms with E-state index in [1.165, 1.54) is 11.6 Å². The first kappa shape index (κ1) is 26.2. The normalized spacial score (nSPS) is 18.8. The number of para-hydroxylation sites is 1. The summed E-state index contributed by atoms with van der Waals surface area (Å²) in [6.07, 6.45) is 6.58. The van der Waals surface area contributed by atoms with Crippen LogP contribution >= 0.6 is 0 Å². The van der Waals surface area contributed by atoms with Gasteiger partial charge in [0.15, 0.2) is 11.6 Å². The first-order valence-electron chi connectivity index (χ1n) is 12.9. The smallest absolute Gasteiger partial charge is 0.165 e. The molecular formula is C29H38FN3O3. The summed E-state index contributed by atoms with van der Waals surface area (Å²) >= 11 is 0. The average molecular weight is 496 g/mol. The van der Waals surface area contributed by atoms with E-state index in [1.54, 1.807) is 25.3 Å². The Morgan fingerprint density at radius 3 is 2.58 bits per heavy atom. The number of ether oxygens (including phenoxy) is 3. The maximum Gasteiger partial charge on any atom is 0.165 e. The van der Waals surface area contributed by atoms with Gasteiger partial charge in [-0.1, -0.05) is 38.1 Å². The molecule has 0 radical (unpaired) electrons. The van der Waals surface area contributed by atoms with Crippen LogP contribution in [-0.2, 0) is 17.8 Å². The highest BCUT2D eigenvalue weighted by Gasteiger charge is 2.34. The number of hydrogen-bond acceptors (Lipinski definition) is 5. The largest absolute Gasteiger partial charge is 0.492 e. The van der Waals surface area contributed by atoms with Gasteiger partial charge in [0.2, 0.25) is 0 Å². The molecule has 1 fully saturated rings. The summed E-state index contributed by atoms with van der Waals surface area (Å²) in [6.45, 7) is 8.81. The third kappa shape index (κ3) is 6.86. The molecular weight excluding hydrogens is 457 g/mol. The topological polar surface area (TPSA) is 48.8 Å². The highest BCUT2D eigenvalue weighted by Crippen LogP contribution is 2.29. The third-order valence-corrected chi connectivity index (χ3v) is 6.95. The summed E-state index contributed by atoms with van der Waals surface area (Å²) in [5, 5.41) is 0. The summed E-state index contributed by atoms with van der Waals surface area (Å²) in [4.78, 5) is 6.88. The number of imidazole rings is 1. The van der Waals surface area contributed by atoms with Gasteiger partial charge >= 0.3 is 0 Å². The van der Waals surface area contributed by atoms with Crippen LogP contribution in [0.4, 0.5) is 4.39 Å². The zero-order valence-electron chi connectivity index (χ0n) is 21.7. The summed E-state index contributed by atoms with van der Waals surface area (Å²) in [6, 6.07) is 14.9. The first-order chi connectivity index (χ1) is 17.5. The van der Waals surface area contributed by atoms with Crippen LogP contribution in [0.1, 0.15) is 50.4 Å². The van der Waals surface area contributed by atoms with E-state index < -0.39 is 5.60 Å². The van der Waals surface area contributed by atoms with E-state index >= 15 is 0 Å². The number of hydrogen-bond donors (Lipinski definition) is 0. The van der Waals surface area contributed by atoms with E-state index in [2.05, 4.69) is 40.4 Å². The van der Waals surface area contributed by atoms with Gasteiger partial charge in [0.05, 0.1) is 6.54 Å². The second-order valence-electron chi connectivity index (χ2n) is 9.86. The van der Waals surface area contributed by atoms with Crippen LogP contribution in [0.2, 0.25) is 0 Å². The number of methoxy groups -OCH3 is 1. The summed E-state index contributed by atoms with van der Waals surface area (Å²) in [7, 11) is 1.73. The van der Waals surface area contributed by atoms with Crippen molar-refractivity contribution >= 4 is 0 Å². The van der Waals surface area contributed by atoms with Gasteiger partial charge < -0.3 is 18.8 Å². The van der Waals surface area contributed by atoms with Crippen molar-refractivity contribution in [3.63, 3.8) is 0 Å². The number of halogens is 1. The number of benzene rings is 2. The Hall–Kier alpha value is -2.90. The van der Waals surface area contributed by atoms with Crippen molar-refractivity contribution < 1.29 is 18.6 Å². The molecule has 1 atom stereocenters. The first-order valence-corrected chi connectivity index (χ1v) is 12.9. The lowest BCUT2D eigenvalue weighted by Gasteiger charge is -2.31. The Kier molecular flexibility index (Phi) is 8.99. The zero-order valence-corrected chi connectivity index (χ0v) is 21.7. The van der Waals surface area contributed by atoms with E-state index in [9.17, 15) is 4.39 Å². The molecule has 0 spiro atoms. The summed E-state index contributed by atoms with van der Waals surface area (Å²) in [5.41, 5.74) is 0.853. The fraction of sp³-hybridized carbons (Fsp3) is 0.483. The molecule has 0 amide bonds. The molecule has 6 nitrogen and oxygen atoms in total. The molecule has 0 saturated carbocycles. The van der Waals surface area contributed by atoms with Gasteiger partial charge in [-0.15, -0.1) is 0 Å².